The van der Waals surface area contributed by atoms with Crippen molar-refractivity contribution in [3.05, 3.63) is 64.7 Å². The molecule has 1 amide bonds. The summed E-state index contributed by atoms with van der Waals surface area (Å²) in [6, 6.07) is 14.9. The molecule has 20 heavy (non-hydrogen) atoms. The predicted octanol–water partition coefficient (Wildman–Crippen LogP) is 5.11. The van der Waals surface area contributed by atoms with Gasteiger partial charge < -0.3 is 5.32 Å². The van der Waals surface area contributed by atoms with E-state index in [0.717, 1.165) is 17.7 Å². The highest BCUT2D eigenvalue weighted by molar-refractivity contribution is 6.31. The van der Waals surface area contributed by atoms with Crippen LogP contribution < -0.4 is 5.32 Å². The average Bonchev–Trinajstić information content (AvgIpc) is 2.47. The number of amides is 1. The minimum atomic E-state index is -0.136. The van der Waals surface area contributed by atoms with Crippen molar-refractivity contribution >= 4 is 23.2 Å². The minimum Gasteiger partial charge on any atom is -0.322 e. The van der Waals surface area contributed by atoms with Crippen molar-refractivity contribution in [3.8, 4) is 0 Å². The quantitative estimate of drug-likeness (QED) is 0.832. The van der Waals surface area contributed by atoms with Crippen molar-refractivity contribution in [2.75, 3.05) is 5.32 Å². The molecular formula is C17H18ClNO. The standard InChI is InChI=1S/C17H18ClNO/c1-3-12(2)15-9-4-5-10-16(15)19-17(20)13-7-6-8-14(18)11-13/h4-12H,3H2,1-2H3,(H,19,20)/t12-/m1/s1. The lowest BCUT2D eigenvalue weighted by Gasteiger charge is -2.15. The fourth-order valence-electron chi connectivity index (χ4n) is 2.08. The molecule has 1 N–H and O–H groups in total. The molecule has 0 fully saturated rings. The van der Waals surface area contributed by atoms with Gasteiger partial charge in [-0.05, 0) is 42.2 Å². The van der Waals surface area contributed by atoms with E-state index in [0.29, 0.717) is 16.5 Å². The van der Waals surface area contributed by atoms with E-state index in [1.54, 1.807) is 24.3 Å². The van der Waals surface area contributed by atoms with Gasteiger partial charge in [-0.15, -0.1) is 0 Å². The Bertz CT molecular complexity index is 609. The molecule has 0 aliphatic carbocycles. The van der Waals surface area contributed by atoms with Crippen molar-refractivity contribution < 1.29 is 4.79 Å². The predicted molar refractivity (Wildman–Crippen MR) is 84.6 cm³/mol. The lowest BCUT2D eigenvalue weighted by atomic mass is 9.97. The van der Waals surface area contributed by atoms with E-state index in [4.69, 9.17) is 11.6 Å². The summed E-state index contributed by atoms with van der Waals surface area (Å²) in [6.07, 6.45) is 1.03. The van der Waals surface area contributed by atoms with Crippen LogP contribution in [-0.4, -0.2) is 5.91 Å². The molecule has 0 heterocycles. The minimum absolute atomic E-state index is 0.136. The van der Waals surface area contributed by atoms with E-state index < -0.39 is 0 Å². The summed E-state index contributed by atoms with van der Waals surface area (Å²) >= 11 is 5.92. The van der Waals surface area contributed by atoms with Gasteiger partial charge in [-0.1, -0.05) is 49.7 Å². The van der Waals surface area contributed by atoms with Gasteiger partial charge in [0.2, 0.25) is 0 Å². The van der Waals surface area contributed by atoms with Gasteiger partial charge in [0.05, 0.1) is 0 Å². The maximum Gasteiger partial charge on any atom is 0.255 e. The van der Waals surface area contributed by atoms with Gasteiger partial charge >= 0.3 is 0 Å². The highest BCUT2D eigenvalue weighted by Crippen LogP contribution is 2.27. The highest BCUT2D eigenvalue weighted by atomic mass is 35.5. The van der Waals surface area contributed by atoms with Gasteiger partial charge in [-0.3, -0.25) is 4.79 Å². The first kappa shape index (κ1) is 14.6. The molecular weight excluding hydrogens is 270 g/mol. The Labute approximate surface area is 124 Å². The molecule has 2 aromatic rings. The Morgan fingerprint density at radius 3 is 2.65 bits per heavy atom. The number of nitrogens with one attached hydrogen (secondary N) is 1. The van der Waals surface area contributed by atoms with Crippen LogP contribution in [0.15, 0.2) is 48.5 Å². The maximum absolute atomic E-state index is 12.3. The lowest BCUT2D eigenvalue weighted by Crippen LogP contribution is -2.13. The number of hydrogen-bond donors (Lipinski definition) is 1. The zero-order chi connectivity index (χ0) is 14.5. The van der Waals surface area contributed by atoms with E-state index in [1.807, 2.05) is 18.2 Å². The van der Waals surface area contributed by atoms with E-state index in [2.05, 4.69) is 25.2 Å². The van der Waals surface area contributed by atoms with Crippen LogP contribution in [0.1, 0.15) is 42.1 Å². The fraction of sp³-hybridized carbons (Fsp3) is 0.235. The SMILES string of the molecule is CC[C@@H](C)c1ccccc1NC(=O)c1cccc(Cl)c1. The zero-order valence-corrected chi connectivity index (χ0v) is 12.4. The van der Waals surface area contributed by atoms with Crippen molar-refractivity contribution in [2.24, 2.45) is 0 Å². The maximum atomic E-state index is 12.3. The smallest absolute Gasteiger partial charge is 0.255 e. The third-order valence-electron chi connectivity index (χ3n) is 3.44. The molecule has 2 rings (SSSR count). The van der Waals surface area contributed by atoms with Gasteiger partial charge in [0.15, 0.2) is 0 Å². The summed E-state index contributed by atoms with van der Waals surface area (Å²) in [5.74, 6) is 0.272. The third-order valence-corrected chi connectivity index (χ3v) is 3.67. The molecule has 3 heteroatoms. The number of carbonyl (C=O) groups is 1. The Morgan fingerprint density at radius 2 is 1.95 bits per heavy atom. The van der Waals surface area contributed by atoms with Crippen LogP contribution >= 0.6 is 11.6 Å². The normalized spacial score (nSPS) is 11.9. The molecule has 104 valence electrons. The Morgan fingerprint density at radius 1 is 1.20 bits per heavy atom. The zero-order valence-electron chi connectivity index (χ0n) is 11.7. The second-order valence-electron chi connectivity index (χ2n) is 4.86. The van der Waals surface area contributed by atoms with Gasteiger partial charge in [0.1, 0.15) is 0 Å². The molecule has 0 aliphatic rings. The summed E-state index contributed by atoms with van der Waals surface area (Å²) in [5, 5.41) is 3.53. The number of anilines is 1. The Kier molecular flexibility index (Phi) is 4.80. The molecule has 0 saturated carbocycles. The van der Waals surface area contributed by atoms with Crippen molar-refractivity contribution in [3.63, 3.8) is 0 Å². The summed E-state index contributed by atoms with van der Waals surface area (Å²) in [6.45, 7) is 4.30. The number of carbonyl (C=O) groups excluding carboxylic acids is 1. The summed E-state index contributed by atoms with van der Waals surface area (Å²) in [5.41, 5.74) is 2.59. The molecule has 2 nitrogen and oxygen atoms in total. The number of halogens is 1. The molecule has 0 saturated heterocycles. The highest BCUT2D eigenvalue weighted by Gasteiger charge is 2.12. The van der Waals surface area contributed by atoms with Crippen LogP contribution in [0.3, 0.4) is 0 Å². The number of rotatable bonds is 4. The van der Waals surface area contributed by atoms with E-state index in [-0.39, 0.29) is 5.91 Å². The molecule has 0 bridgehead atoms. The number of para-hydroxylation sites is 1. The molecule has 0 unspecified atom stereocenters. The van der Waals surface area contributed by atoms with Gasteiger partial charge in [0, 0.05) is 16.3 Å². The van der Waals surface area contributed by atoms with Crippen molar-refractivity contribution in [1.82, 2.24) is 0 Å². The van der Waals surface area contributed by atoms with Crippen LogP contribution in [0.2, 0.25) is 5.02 Å². The summed E-state index contributed by atoms with van der Waals surface area (Å²) in [7, 11) is 0. The van der Waals surface area contributed by atoms with Crippen LogP contribution in [0.25, 0.3) is 0 Å². The lowest BCUT2D eigenvalue weighted by molar-refractivity contribution is 0.102. The molecule has 0 radical (unpaired) electrons. The number of benzene rings is 2. The van der Waals surface area contributed by atoms with Crippen LogP contribution in [0, 0.1) is 0 Å². The van der Waals surface area contributed by atoms with Gasteiger partial charge in [-0.2, -0.15) is 0 Å². The molecule has 2 aromatic carbocycles. The largest absolute Gasteiger partial charge is 0.322 e. The first-order valence-corrected chi connectivity index (χ1v) is 7.15. The van der Waals surface area contributed by atoms with Crippen LogP contribution in [-0.2, 0) is 0 Å². The Balaban J connectivity index is 2.24. The van der Waals surface area contributed by atoms with Crippen LogP contribution in [0.4, 0.5) is 5.69 Å². The second kappa shape index (κ2) is 6.58. The Hall–Kier alpha value is -1.80. The van der Waals surface area contributed by atoms with Crippen molar-refractivity contribution in [1.29, 1.82) is 0 Å². The van der Waals surface area contributed by atoms with Gasteiger partial charge in [0.25, 0.3) is 5.91 Å². The summed E-state index contributed by atoms with van der Waals surface area (Å²) < 4.78 is 0. The summed E-state index contributed by atoms with van der Waals surface area (Å²) in [4.78, 5) is 12.3. The molecule has 0 aliphatic heterocycles. The molecule has 0 aromatic heterocycles. The van der Waals surface area contributed by atoms with E-state index >= 15 is 0 Å². The fourth-order valence-corrected chi connectivity index (χ4v) is 2.27. The van der Waals surface area contributed by atoms with Crippen LogP contribution in [0.5, 0.6) is 0 Å². The first-order valence-electron chi connectivity index (χ1n) is 6.77. The topological polar surface area (TPSA) is 29.1 Å². The monoisotopic (exact) mass is 287 g/mol. The second-order valence-corrected chi connectivity index (χ2v) is 5.30. The number of hydrogen-bond acceptors (Lipinski definition) is 1. The van der Waals surface area contributed by atoms with Gasteiger partial charge in [-0.25, -0.2) is 0 Å². The molecule has 1 atom stereocenters. The average molecular weight is 288 g/mol. The van der Waals surface area contributed by atoms with E-state index in [1.165, 1.54) is 0 Å². The molecule has 0 spiro atoms. The van der Waals surface area contributed by atoms with E-state index in [9.17, 15) is 4.79 Å². The first-order chi connectivity index (χ1) is 9.61. The third kappa shape index (κ3) is 3.40. The van der Waals surface area contributed by atoms with Crippen molar-refractivity contribution in [2.45, 2.75) is 26.2 Å².